The van der Waals surface area contributed by atoms with Gasteiger partial charge in [0, 0.05) is 28.5 Å². The second kappa shape index (κ2) is 15.5. The summed E-state index contributed by atoms with van der Waals surface area (Å²) in [5, 5.41) is 61.7. The third-order valence-electron chi connectivity index (χ3n) is 7.94. The van der Waals surface area contributed by atoms with Crippen LogP contribution in [-0.2, 0) is 25.8 Å². The number of β-lactam (4-membered cyclic amide) rings is 1. The number of nitrogen functional groups attached to an aromatic ring is 1. The summed E-state index contributed by atoms with van der Waals surface area (Å²) < 4.78 is 1.59. The molecule has 5 aromatic rings. The van der Waals surface area contributed by atoms with Gasteiger partial charge in [0.25, 0.3) is 11.8 Å². The number of amides is 2. The Morgan fingerprint density at radius 1 is 1.04 bits per heavy atom. The average molecular weight is 787 g/mol. The molecule has 21 heteroatoms. The molecule has 0 saturated carbocycles. The number of phenols is 4. The van der Waals surface area contributed by atoms with E-state index in [0.29, 0.717) is 33.1 Å². The van der Waals surface area contributed by atoms with Gasteiger partial charge in [-0.05, 0) is 47.5 Å². The van der Waals surface area contributed by atoms with Gasteiger partial charge >= 0.3 is 35.5 Å². The van der Waals surface area contributed by atoms with E-state index >= 15 is 0 Å². The predicted octanol–water partition coefficient (Wildman–Crippen LogP) is 2.06. The molecule has 0 bridgehead atoms. The Balaban J connectivity index is 0.00000481. The fourth-order valence-electron chi connectivity index (χ4n) is 5.41. The number of fused-ring (bicyclic) bond motifs is 2. The molecular weight excluding hydrogens is 760 g/mol. The number of nitrogens with two attached hydrogens (primary N) is 1. The van der Waals surface area contributed by atoms with E-state index in [-0.39, 0.29) is 92.9 Å². The monoisotopic (exact) mass is 786 g/mol. The number of thiazole rings is 1. The van der Waals surface area contributed by atoms with E-state index in [9.17, 15) is 39.9 Å². The number of benzene rings is 2. The summed E-state index contributed by atoms with van der Waals surface area (Å²) in [4.78, 5) is 54.7. The van der Waals surface area contributed by atoms with Gasteiger partial charge in [0.05, 0.1) is 11.9 Å². The Hall–Kier alpha value is -4.99. The molecule has 2 aliphatic heterocycles. The molecule has 2 atom stereocenters. The summed E-state index contributed by atoms with van der Waals surface area (Å²) in [6, 6.07) is 10.7. The van der Waals surface area contributed by atoms with Gasteiger partial charge in [-0.15, -0.1) is 34.9 Å². The molecule has 3 aromatic heterocycles. The molecule has 268 valence electrons. The first-order valence-electron chi connectivity index (χ1n) is 15.1. The van der Waals surface area contributed by atoms with Gasteiger partial charge in [-0.1, -0.05) is 11.2 Å². The SMILES string of the molecule is Nc1nc(C(=NOCc2ccc(O)c(O)c2)C(=O)N[C@@H]2C(=O)N3C(C(=O)O)=C(CSc4cc(-c5ccc(O)c(O)c5)nc5ccnn45)CS[C@H]23)cs1.[NaH]. The molecular formula is C32H27N8NaO9S3. The number of hydrogen-bond acceptors (Lipinski definition) is 16. The fourth-order valence-corrected chi connectivity index (χ4v) is 8.46. The number of carbonyl (C=O) groups is 3. The van der Waals surface area contributed by atoms with Gasteiger partial charge in [-0.2, -0.15) is 5.10 Å². The van der Waals surface area contributed by atoms with Crippen molar-refractivity contribution in [3.8, 4) is 34.3 Å². The van der Waals surface area contributed by atoms with Crippen molar-refractivity contribution < 1.29 is 44.8 Å². The number of rotatable bonds is 11. The van der Waals surface area contributed by atoms with Crippen molar-refractivity contribution in [3.05, 3.63) is 82.6 Å². The Labute approximate surface area is 333 Å². The zero-order valence-corrected chi connectivity index (χ0v) is 28.9. The number of thioether (sulfide) groups is 2. The van der Waals surface area contributed by atoms with Gasteiger partial charge in [-0.3, -0.25) is 14.5 Å². The number of carboxylic acids is 1. The van der Waals surface area contributed by atoms with E-state index in [4.69, 9.17) is 10.6 Å². The number of nitrogens with zero attached hydrogens (tertiary/aromatic N) is 6. The standard InChI is InChI=1S/C32H26N8O9S3.Na.H/c33-32-36-18(13-52-32)25(38-49-10-14-1-3-19(41)21(43)7-14)28(45)37-26-29(46)39-27(31(47)48)16(12-51-30(26)39)11-50-24-9-17(35-23-5-6-34-40(23)24)15-2-4-20(42)22(44)8-15;;/h1-9,13,26,30,41-44H,10-12H2,(H2,33,36)(H,37,45)(H,47,48);;/t26-,30-;;/m1../s1. The summed E-state index contributed by atoms with van der Waals surface area (Å²) in [6.45, 7) is -0.181. The number of aliphatic carboxylic acids is 1. The molecule has 7 rings (SSSR count). The predicted molar refractivity (Wildman–Crippen MR) is 197 cm³/mol. The van der Waals surface area contributed by atoms with Crippen LogP contribution in [-0.4, -0.2) is 126 Å². The molecule has 17 nitrogen and oxygen atoms in total. The van der Waals surface area contributed by atoms with E-state index in [1.54, 1.807) is 28.9 Å². The van der Waals surface area contributed by atoms with Gasteiger partial charge in [0.2, 0.25) is 0 Å². The molecule has 2 amide bonds. The summed E-state index contributed by atoms with van der Waals surface area (Å²) >= 11 is 3.63. The number of anilines is 1. The fraction of sp³-hybridized carbons (Fsp3) is 0.156. The van der Waals surface area contributed by atoms with Crippen LogP contribution in [0.25, 0.3) is 16.9 Å². The van der Waals surface area contributed by atoms with E-state index < -0.39 is 29.2 Å². The zero-order chi connectivity index (χ0) is 36.7. The number of phenolic OH excluding ortho intramolecular Hbond substituents is 4. The molecule has 0 spiro atoms. The number of oxime groups is 1. The molecule has 1 saturated heterocycles. The first-order valence-corrected chi connectivity index (χ1v) is 18.0. The molecule has 1 fully saturated rings. The van der Waals surface area contributed by atoms with E-state index in [1.807, 2.05) is 0 Å². The number of hydrogen-bond donors (Lipinski definition) is 7. The van der Waals surface area contributed by atoms with Crippen LogP contribution < -0.4 is 11.1 Å². The van der Waals surface area contributed by atoms with Crippen LogP contribution in [0.4, 0.5) is 5.13 Å². The van der Waals surface area contributed by atoms with Crippen LogP contribution in [0.1, 0.15) is 11.3 Å². The molecule has 53 heavy (non-hydrogen) atoms. The Morgan fingerprint density at radius 2 is 1.79 bits per heavy atom. The number of aromatic nitrogens is 4. The summed E-state index contributed by atoms with van der Waals surface area (Å²) in [7, 11) is 0. The number of aromatic hydroxyl groups is 4. The van der Waals surface area contributed by atoms with Crippen molar-refractivity contribution in [2.24, 2.45) is 5.16 Å². The van der Waals surface area contributed by atoms with Crippen LogP contribution in [0.15, 0.2) is 81.6 Å². The van der Waals surface area contributed by atoms with Crippen LogP contribution in [0.5, 0.6) is 23.0 Å². The third kappa shape index (κ3) is 7.59. The quantitative estimate of drug-likeness (QED) is 0.0192. The summed E-state index contributed by atoms with van der Waals surface area (Å²) in [5.74, 6) is -3.57. The van der Waals surface area contributed by atoms with Crippen LogP contribution >= 0.6 is 34.9 Å². The van der Waals surface area contributed by atoms with Gasteiger partial charge in [-0.25, -0.2) is 19.3 Å². The molecule has 0 aliphatic carbocycles. The second-order valence-corrected chi connectivity index (χ2v) is 14.3. The Morgan fingerprint density at radius 3 is 2.49 bits per heavy atom. The molecule has 8 N–H and O–H groups in total. The van der Waals surface area contributed by atoms with E-state index in [1.165, 1.54) is 59.2 Å². The van der Waals surface area contributed by atoms with Crippen molar-refractivity contribution in [1.29, 1.82) is 0 Å². The molecule has 2 aliphatic rings. The molecule has 0 unspecified atom stereocenters. The first-order chi connectivity index (χ1) is 25.0. The maximum atomic E-state index is 13.5. The van der Waals surface area contributed by atoms with E-state index in [2.05, 4.69) is 25.5 Å². The van der Waals surface area contributed by atoms with Gasteiger partial charge in [0.15, 0.2) is 39.5 Å². The normalized spacial score (nSPS) is 16.9. The topological polar surface area (TPSA) is 258 Å². The van der Waals surface area contributed by atoms with Crippen molar-refractivity contribution in [2.45, 2.75) is 23.0 Å². The van der Waals surface area contributed by atoms with E-state index in [0.717, 1.165) is 16.2 Å². The Kier molecular flexibility index (Phi) is 11.1. The van der Waals surface area contributed by atoms with Crippen molar-refractivity contribution >= 4 is 98.7 Å². The van der Waals surface area contributed by atoms with Crippen molar-refractivity contribution in [1.82, 2.24) is 29.8 Å². The summed E-state index contributed by atoms with van der Waals surface area (Å²) in [5.41, 5.74) is 7.86. The number of carbonyl (C=O) groups excluding carboxylic acids is 2. The first kappa shape index (κ1) is 37.8. The second-order valence-electron chi connectivity index (χ2n) is 11.3. The van der Waals surface area contributed by atoms with Gasteiger partial charge in [0.1, 0.15) is 34.4 Å². The summed E-state index contributed by atoms with van der Waals surface area (Å²) in [6.07, 6.45) is 1.56. The zero-order valence-electron chi connectivity index (χ0n) is 26.4. The minimum atomic E-state index is -1.30. The van der Waals surface area contributed by atoms with Crippen molar-refractivity contribution in [2.75, 3.05) is 17.2 Å². The molecule has 0 radical (unpaired) electrons. The number of nitrogens with one attached hydrogen (secondary N) is 1. The molecule has 5 heterocycles. The van der Waals surface area contributed by atoms with Crippen LogP contribution in [0.3, 0.4) is 0 Å². The van der Waals surface area contributed by atoms with Crippen LogP contribution in [0.2, 0.25) is 0 Å². The number of carboxylic acid groups (broad SMARTS) is 1. The van der Waals surface area contributed by atoms with Crippen LogP contribution in [0, 0.1) is 0 Å². The van der Waals surface area contributed by atoms with Gasteiger partial charge < -0.3 is 41.4 Å². The Bertz CT molecular complexity index is 2330. The van der Waals surface area contributed by atoms with Crippen molar-refractivity contribution in [3.63, 3.8) is 0 Å². The minimum absolute atomic E-state index is 0. The maximum absolute atomic E-state index is 13.5. The molecule has 2 aromatic carbocycles. The average Bonchev–Trinajstić information content (AvgIpc) is 3.79. The third-order valence-corrected chi connectivity index (χ3v) is 11.0.